The quantitative estimate of drug-likeness (QED) is 0.865. The summed E-state index contributed by atoms with van der Waals surface area (Å²) in [6, 6.07) is 4.06. The van der Waals surface area contributed by atoms with Crippen LogP contribution in [0.3, 0.4) is 0 Å². The number of anilines is 1. The first kappa shape index (κ1) is 12.3. The van der Waals surface area contributed by atoms with E-state index in [0.717, 1.165) is 37.3 Å². The van der Waals surface area contributed by atoms with Gasteiger partial charge in [0.15, 0.2) is 5.82 Å². The first-order valence-corrected chi connectivity index (χ1v) is 6.41. The van der Waals surface area contributed by atoms with E-state index < -0.39 is 0 Å². The van der Waals surface area contributed by atoms with Crippen LogP contribution in [0, 0.1) is 5.92 Å². The molecule has 94 valence electrons. The van der Waals surface area contributed by atoms with Gasteiger partial charge in [-0.3, -0.25) is 0 Å². The number of piperidine rings is 1. The number of hydrogen-bond donors (Lipinski definition) is 1. The van der Waals surface area contributed by atoms with Crippen molar-refractivity contribution in [2.75, 3.05) is 18.0 Å². The molecule has 0 aliphatic carbocycles. The van der Waals surface area contributed by atoms with Gasteiger partial charge in [0.05, 0.1) is 11.8 Å². The Morgan fingerprint density at radius 2 is 2.24 bits per heavy atom. The fraction of sp³-hybridized carbons (Fsp3) is 0.692. The van der Waals surface area contributed by atoms with Gasteiger partial charge in [0.1, 0.15) is 0 Å². The van der Waals surface area contributed by atoms with E-state index in [9.17, 15) is 5.11 Å². The zero-order valence-corrected chi connectivity index (χ0v) is 10.6. The largest absolute Gasteiger partial charge is 0.391 e. The van der Waals surface area contributed by atoms with Gasteiger partial charge in [-0.15, -0.1) is 5.10 Å². The maximum atomic E-state index is 9.62. The summed E-state index contributed by atoms with van der Waals surface area (Å²) < 4.78 is 0. The number of aliphatic hydroxyl groups excluding tert-OH is 1. The molecule has 1 atom stereocenters. The number of β-amino-alcohol motifs (C(OH)–C–C–N with tert-alkyl or cyclic N) is 1. The summed E-state index contributed by atoms with van der Waals surface area (Å²) in [5.74, 6) is 1.49. The van der Waals surface area contributed by atoms with Crippen LogP contribution in [0.5, 0.6) is 0 Å². The van der Waals surface area contributed by atoms with Gasteiger partial charge >= 0.3 is 0 Å². The van der Waals surface area contributed by atoms with Gasteiger partial charge in [-0.05, 0) is 37.3 Å². The Balaban J connectivity index is 2.01. The molecule has 0 radical (unpaired) electrons. The van der Waals surface area contributed by atoms with E-state index in [1.807, 2.05) is 12.1 Å². The summed E-state index contributed by atoms with van der Waals surface area (Å²) in [5.41, 5.74) is 1.04. The Kier molecular flexibility index (Phi) is 3.94. The Morgan fingerprint density at radius 1 is 1.41 bits per heavy atom. The highest BCUT2D eigenvalue weighted by Crippen LogP contribution is 2.17. The molecule has 1 unspecified atom stereocenters. The molecule has 4 heteroatoms. The van der Waals surface area contributed by atoms with E-state index in [1.54, 1.807) is 0 Å². The van der Waals surface area contributed by atoms with E-state index in [4.69, 9.17) is 0 Å². The zero-order valence-electron chi connectivity index (χ0n) is 10.6. The second kappa shape index (κ2) is 5.45. The Bertz CT molecular complexity index is 350. The molecule has 4 nitrogen and oxygen atoms in total. The van der Waals surface area contributed by atoms with Crippen LogP contribution in [0.1, 0.15) is 32.4 Å². The van der Waals surface area contributed by atoms with Crippen LogP contribution in [0.25, 0.3) is 0 Å². The average Bonchev–Trinajstić information content (AvgIpc) is 2.29. The topological polar surface area (TPSA) is 49.2 Å². The second-order valence-corrected chi connectivity index (χ2v) is 5.22. The smallest absolute Gasteiger partial charge is 0.151 e. The predicted molar refractivity (Wildman–Crippen MR) is 68.0 cm³/mol. The third-order valence-electron chi connectivity index (χ3n) is 3.04. The van der Waals surface area contributed by atoms with Crippen molar-refractivity contribution in [1.82, 2.24) is 10.2 Å². The van der Waals surface area contributed by atoms with Crippen molar-refractivity contribution >= 4 is 5.82 Å². The first-order chi connectivity index (χ1) is 8.15. The monoisotopic (exact) mass is 235 g/mol. The molecule has 1 aromatic rings. The van der Waals surface area contributed by atoms with Gasteiger partial charge in [-0.25, -0.2) is 0 Å². The predicted octanol–water partition coefficient (Wildman–Crippen LogP) is 1.64. The van der Waals surface area contributed by atoms with Crippen LogP contribution >= 0.6 is 0 Å². The summed E-state index contributed by atoms with van der Waals surface area (Å²) >= 11 is 0. The fourth-order valence-electron chi connectivity index (χ4n) is 2.21. The summed E-state index contributed by atoms with van der Waals surface area (Å²) in [6.07, 6.45) is 2.67. The molecule has 2 heterocycles. The van der Waals surface area contributed by atoms with E-state index in [0.29, 0.717) is 12.5 Å². The highest BCUT2D eigenvalue weighted by molar-refractivity contribution is 5.38. The molecule has 1 aliphatic heterocycles. The minimum absolute atomic E-state index is 0.221. The van der Waals surface area contributed by atoms with Gasteiger partial charge in [0, 0.05) is 13.1 Å². The van der Waals surface area contributed by atoms with E-state index in [1.165, 1.54) is 0 Å². The molecule has 0 saturated carbocycles. The van der Waals surface area contributed by atoms with Crippen molar-refractivity contribution in [3.8, 4) is 0 Å². The number of rotatable bonds is 3. The Labute approximate surface area is 103 Å². The van der Waals surface area contributed by atoms with E-state index in [-0.39, 0.29) is 6.10 Å². The molecule has 1 aromatic heterocycles. The molecular weight excluding hydrogens is 214 g/mol. The van der Waals surface area contributed by atoms with Crippen LogP contribution in [0.2, 0.25) is 0 Å². The lowest BCUT2D eigenvalue weighted by atomic mass is 10.1. The van der Waals surface area contributed by atoms with Gasteiger partial charge in [0.2, 0.25) is 0 Å². The number of nitrogens with zero attached hydrogens (tertiary/aromatic N) is 3. The van der Waals surface area contributed by atoms with Crippen molar-refractivity contribution in [3.63, 3.8) is 0 Å². The highest BCUT2D eigenvalue weighted by Gasteiger charge is 2.18. The molecule has 1 N–H and O–H groups in total. The average molecular weight is 235 g/mol. The van der Waals surface area contributed by atoms with Crippen LogP contribution in [0.4, 0.5) is 5.82 Å². The second-order valence-electron chi connectivity index (χ2n) is 5.22. The molecule has 0 bridgehead atoms. The Morgan fingerprint density at radius 3 is 2.82 bits per heavy atom. The molecule has 0 spiro atoms. The minimum atomic E-state index is -0.221. The summed E-state index contributed by atoms with van der Waals surface area (Å²) in [5, 5.41) is 18.1. The lowest BCUT2D eigenvalue weighted by Crippen LogP contribution is -2.38. The molecule has 1 fully saturated rings. The molecule has 1 aliphatic rings. The van der Waals surface area contributed by atoms with Crippen LogP contribution in [-0.2, 0) is 6.42 Å². The standard InChI is InChI=1S/C13H21N3O/c1-10(2)8-11-5-6-13(15-14-11)16-7-3-4-12(17)9-16/h5-6,10,12,17H,3-4,7-9H2,1-2H3. The third kappa shape index (κ3) is 3.40. The lowest BCUT2D eigenvalue weighted by Gasteiger charge is -2.30. The molecule has 2 rings (SSSR count). The van der Waals surface area contributed by atoms with Gasteiger partial charge < -0.3 is 10.0 Å². The Hall–Kier alpha value is -1.16. The molecular formula is C13H21N3O. The summed E-state index contributed by atoms with van der Waals surface area (Å²) in [4.78, 5) is 2.11. The van der Waals surface area contributed by atoms with Crippen LogP contribution in [0.15, 0.2) is 12.1 Å². The highest BCUT2D eigenvalue weighted by atomic mass is 16.3. The van der Waals surface area contributed by atoms with Crippen LogP contribution < -0.4 is 4.90 Å². The molecule has 0 aromatic carbocycles. The van der Waals surface area contributed by atoms with Crippen molar-refractivity contribution in [3.05, 3.63) is 17.8 Å². The van der Waals surface area contributed by atoms with Crippen molar-refractivity contribution in [1.29, 1.82) is 0 Å². The van der Waals surface area contributed by atoms with E-state index in [2.05, 4.69) is 28.9 Å². The SMILES string of the molecule is CC(C)Cc1ccc(N2CCCC(O)C2)nn1. The van der Waals surface area contributed by atoms with E-state index >= 15 is 0 Å². The summed E-state index contributed by atoms with van der Waals surface area (Å²) in [6.45, 7) is 6.00. The normalized spacial score (nSPS) is 20.9. The third-order valence-corrected chi connectivity index (χ3v) is 3.04. The lowest BCUT2D eigenvalue weighted by molar-refractivity contribution is 0.154. The minimum Gasteiger partial charge on any atom is -0.391 e. The first-order valence-electron chi connectivity index (χ1n) is 6.41. The number of aromatic nitrogens is 2. The molecule has 17 heavy (non-hydrogen) atoms. The maximum Gasteiger partial charge on any atom is 0.151 e. The van der Waals surface area contributed by atoms with Gasteiger partial charge in [-0.1, -0.05) is 13.8 Å². The van der Waals surface area contributed by atoms with Gasteiger partial charge in [0.25, 0.3) is 0 Å². The van der Waals surface area contributed by atoms with Crippen molar-refractivity contribution < 1.29 is 5.11 Å². The molecule has 0 amide bonds. The number of aliphatic hydroxyl groups is 1. The maximum absolute atomic E-state index is 9.62. The van der Waals surface area contributed by atoms with Crippen molar-refractivity contribution in [2.45, 2.75) is 39.2 Å². The summed E-state index contributed by atoms with van der Waals surface area (Å²) in [7, 11) is 0. The molecule has 1 saturated heterocycles. The van der Waals surface area contributed by atoms with Crippen LogP contribution in [-0.4, -0.2) is 34.5 Å². The van der Waals surface area contributed by atoms with Gasteiger partial charge in [-0.2, -0.15) is 5.10 Å². The van der Waals surface area contributed by atoms with Crippen molar-refractivity contribution in [2.24, 2.45) is 5.92 Å². The zero-order chi connectivity index (χ0) is 12.3. The number of hydrogen-bond acceptors (Lipinski definition) is 4. The fourth-order valence-corrected chi connectivity index (χ4v) is 2.21.